The number of aryl methyl sites for hydroxylation is 1. The van der Waals surface area contributed by atoms with E-state index in [0.717, 1.165) is 16.9 Å². The molecule has 0 unspecified atom stereocenters. The molecule has 0 radical (unpaired) electrons. The molecule has 2 rings (SSSR count). The fraction of sp³-hybridized carbons (Fsp3) is 0.267. The van der Waals surface area contributed by atoms with Gasteiger partial charge in [-0.2, -0.15) is 0 Å². The van der Waals surface area contributed by atoms with E-state index in [1.807, 2.05) is 26.0 Å². The summed E-state index contributed by atoms with van der Waals surface area (Å²) in [6, 6.07) is 9.48. The van der Waals surface area contributed by atoms with Crippen molar-refractivity contribution in [2.24, 2.45) is 0 Å². The molecule has 0 bridgehead atoms. The van der Waals surface area contributed by atoms with Gasteiger partial charge in [-0.3, -0.25) is 0 Å². The van der Waals surface area contributed by atoms with Crippen LogP contribution in [0.2, 0.25) is 0 Å². The molecule has 112 valence electrons. The summed E-state index contributed by atoms with van der Waals surface area (Å²) in [6.45, 7) is 3.87. The van der Waals surface area contributed by atoms with Crippen LogP contribution in [0.5, 0.6) is 5.75 Å². The fourth-order valence-corrected chi connectivity index (χ4v) is 1.88. The molecule has 0 aliphatic carbocycles. The maximum absolute atomic E-state index is 12.1. The van der Waals surface area contributed by atoms with Crippen molar-refractivity contribution in [2.45, 2.75) is 26.3 Å². The van der Waals surface area contributed by atoms with E-state index in [0.29, 0.717) is 0 Å². The summed E-state index contributed by atoms with van der Waals surface area (Å²) in [5.41, 5.74) is 1.92. The predicted molar refractivity (Wildman–Crippen MR) is 74.1 cm³/mol. The Morgan fingerprint density at radius 2 is 1.81 bits per heavy atom. The third-order valence-corrected chi connectivity index (χ3v) is 2.89. The van der Waals surface area contributed by atoms with Gasteiger partial charge in [-0.1, -0.05) is 12.1 Å². The van der Waals surface area contributed by atoms with E-state index in [1.54, 1.807) is 18.3 Å². The van der Waals surface area contributed by atoms with Gasteiger partial charge >= 0.3 is 6.36 Å². The summed E-state index contributed by atoms with van der Waals surface area (Å²) >= 11 is 0. The van der Waals surface area contributed by atoms with Gasteiger partial charge in [-0.15, -0.1) is 13.2 Å². The molecule has 1 atom stereocenters. The second kappa shape index (κ2) is 6.03. The Bertz CT molecular complexity index is 597. The fourth-order valence-electron chi connectivity index (χ4n) is 1.88. The highest BCUT2D eigenvalue weighted by Crippen LogP contribution is 2.25. The molecular weight excluding hydrogens is 281 g/mol. The number of alkyl halides is 3. The second-order valence-corrected chi connectivity index (χ2v) is 4.70. The number of pyridine rings is 1. The number of nitrogens with one attached hydrogen (secondary N) is 1. The predicted octanol–water partition coefficient (Wildman–Crippen LogP) is 4.46. The minimum Gasteiger partial charge on any atom is -0.406 e. The molecule has 2 aromatic rings. The average Bonchev–Trinajstić information content (AvgIpc) is 2.37. The lowest BCUT2D eigenvalue weighted by molar-refractivity contribution is -0.274. The summed E-state index contributed by atoms with van der Waals surface area (Å²) in [7, 11) is 0. The van der Waals surface area contributed by atoms with Gasteiger partial charge in [0.1, 0.15) is 11.6 Å². The monoisotopic (exact) mass is 296 g/mol. The van der Waals surface area contributed by atoms with Crippen LogP contribution in [0.3, 0.4) is 0 Å². The smallest absolute Gasteiger partial charge is 0.406 e. The van der Waals surface area contributed by atoms with Crippen LogP contribution < -0.4 is 10.1 Å². The van der Waals surface area contributed by atoms with Crippen molar-refractivity contribution in [3.05, 3.63) is 53.7 Å². The number of benzene rings is 1. The quantitative estimate of drug-likeness (QED) is 0.904. The lowest BCUT2D eigenvalue weighted by atomic mass is 10.1. The molecule has 1 aromatic carbocycles. The van der Waals surface area contributed by atoms with Crippen LogP contribution in [0, 0.1) is 6.92 Å². The first-order valence-corrected chi connectivity index (χ1v) is 6.38. The summed E-state index contributed by atoms with van der Waals surface area (Å²) in [5.74, 6) is 0.491. The van der Waals surface area contributed by atoms with E-state index in [9.17, 15) is 13.2 Å². The Kier molecular flexibility index (Phi) is 4.35. The molecule has 0 aliphatic heterocycles. The SMILES string of the molecule is Cc1ccnc(N[C@@H](C)c2ccc(OC(F)(F)F)cc2)c1. The molecule has 21 heavy (non-hydrogen) atoms. The number of hydrogen-bond acceptors (Lipinski definition) is 3. The van der Waals surface area contributed by atoms with Crippen LogP contribution in [0.1, 0.15) is 24.1 Å². The maximum Gasteiger partial charge on any atom is 0.573 e. The zero-order valence-corrected chi connectivity index (χ0v) is 11.6. The summed E-state index contributed by atoms with van der Waals surface area (Å²) < 4.78 is 40.1. The molecule has 0 aliphatic rings. The van der Waals surface area contributed by atoms with Crippen molar-refractivity contribution >= 4 is 5.82 Å². The van der Waals surface area contributed by atoms with Gasteiger partial charge in [0.2, 0.25) is 0 Å². The van der Waals surface area contributed by atoms with Crippen molar-refractivity contribution in [3.63, 3.8) is 0 Å². The van der Waals surface area contributed by atoms with Gasteiger partial charge in [-0.05, 0) is 49.2 Å². The Balaban J connectivity index is 2.04. The van der Waals surface area contributed by atoms with Crippen molar-refractivity contribution in [2.75, 3.05) is 5.32 Å². The standard InChI is InChI=1S/C15H15F3N2O/c1-10-7-8-19-14(9-10)20-11(2)12-3-5-13(6-4-12)21-15(16,17)18/h3-9,11H,1-2H3,(H,19,20)/t11-/m0/s1. The number of hydrogen-bond donors (Lipinski definition) is 1. The van der Waals surface area contributed by atoms with Gasteiger partial charge in [0.05, 0.1) is 0 Å². The van der Waals surface area contributed by atoms with Crippen LogP contribution in [0.15, 0.2) is 42.6 Å². The third kappa shape index (κ3) is 4.66. The average molecular weight is 296 g/mol. The first-order chi connectivity index (χ1) is 9.83. The molecule has 6 heteroatoms. The van der Waals surface area contributed by atoms with E-state index in [1.165, 1.54) is 12.1 Å². The van der Waals surface area contributed by atoms with Gasteiger partial charge < -0.3 is 10.1 Å². The third-order valence-electron chi connectivity index (χ3n) is 2.89. The van der Waals surface area contributed by atoms with Crippen LogP contribution in [0.25, 0.3) is 0 Å². The van der Waals surface area contributed by atoms with E-state index >= 15 is 0 Å². The Hall–Kier alpha value is -2.24. The number of halogens is 3. The summed E-state index contributed by atoms with van der Waals surface area (Å²) in [5, 5.41) is 3.19. The molecule has 1 heterocycles. The first-order valence-electron chi connectivity index (χ1n) is 6.38. The molecule has 1 N–H and O–H groups in total. The molecule has 0 fully saturated rings. The van der Waals surface area contributed by atoms with Gasteiger partial charge in [0.25, 0.3) is 0 Å². The topological polar surface area (TPSA) is 34.2 Å². The highest BCUT2D eigenvalue weighted by Gasteiger charge is 2.30. The van der Waals surface area contributed by atoms with Crippen LogP contribution in [0.4, 0.5) is 19.0 Å². The largest absolute Gasteiger partial charge is 0.573 e. The van der Waals surface area contributed by atoms with Crippen molar-refractivity contribution < 1.29 is 17.9 Å². The van der Waals surface area contributed by atoms with Gasteiger partial charge in [0.15, 0.2) is 0 Å². The van der Waals surface area contributed by atoms with Crippen LogP contribution >= 0.6 is 0 Å². The van der Waals surface area contributed by atoms with E-state index in [-0.39, 0.29) is 11.8 Å². The van der Waals surface area contributed by atoms with Crippen LogP contribution in [-0.4, -0.2) is 11.3 Å². The Morgan fingerprint density at radius 1 is 1.14 bits per heavy atom. The molecule has 0 saturated heterocycles. The van der Waals surface area contributed by atoms with Crippen molar-refractivity contribution in [1.82, 2.24) is 4.98 Å². The molecule has 1 aromatic heterocycles. The number of rotatable bonds is 4. The minimum atomic E-state index is -4.67. The molecule has 0 spiro atoms. The Labute approximate surface area is 120 Å². The number of nitrogens with zero attached hydrogens (tertiary/aromatic N) is 1. The normalized spacial score (nSPS) is 12.8. The lowest BCUT2D eigenvalue weighted by Gasteiger charge is -2.16. The minimum absolute atomic E-state index is 0.0840. The second-order valence-electron chi connectivity index (χ2n) is 4.70. The highest BCUT2D eigenvalue weighted by atomic mass is 19.4. The van der Waals surface area contributed by atoms with Gasteiger partial charge in [0, 0.05) is 12.2 Å². The maximum atomic E-state index is 12.1. The number of ether oxygens (including phenoxy) is 1. The molecule has 0 amide bonds. The lowest BCUT2D eigenvalue weighted by Crippen LogP contribution is -2.17. The van der Waals surface area contributed by atoms with Crippen molar-refractivity contribution in [1.29, 1.82) is 0 Å². The summed E-state index contributed by atoms with van der Waals surface area (Å²) in [4.78, 5) is 4.19. The number of aromatic nitrogens is 1. The zero-order chi connectivity index (χ0) is 15.5. The van der Waals surface area contributed by atoms with E-state index in [4.69, 9.17) is 0 Å². The van der Waals surface area contributed by atoms with E-state index in [2.05, 4.69) is 15.0 Å². The number of anilines is 1. The molecule has 0 saturated carbocycles. The van der Waals surface area contributed by atoms with Gasteiger partial charge in [-0.25, -0.2) is 4.98 Å². The Morgan fingerprint density at radius 3 is 2.38 bits per heavy atom. The van der Waals surface area contributed by atoms with Crippen molar-refractivity contribution in [3.8, 4) is 5.75 Å². The summed E-state index contributed by atoms with van der Waals surface area (Å²) in [6.07, 6.45) is -2.97. The zero-order valence-electron chi connectivity index (χ0n) is 11.6. The highest BCUT2D eigenvalue weighted by molar-refractivity contribution is 5.41. The van der Waals surface area contributed by atoms with E-state index < -0.39 is 6.36 Å². The first kappa shape index (κ1) is 15.2. The molecule has 3 nitrogen and oxygen atoms in total. The molecular formula is C15H15F3N2O. The van der Waals surface area contributed by atoms with Crippen LogP contribution in [-0.2, 0) is 0 Å².